The summed E-state index contributed by atoms with van der Waals surface area (Å²) in [5.41, 5.74) is 8.08. The van der Waals surface area contributed by atoms with E-state index in [1.54, 1.807) is 0 Å². The fourth-order valence-corrected chi connectivity index (χ4v) is 4.38. The molecule has 1 aromatic rings. The highest BCUT2D eigenvalue weighted by Crippen LogP contribution is 2.37. The Balaban J connectivity index is 1.73. The Morgan fingerprint density at radius 2 is 2.15 bits per heavy atom. The van der Waals surface area contributed by atoms with Crippen LogP contribution in [0.1, 0.15) is 30.5 Å². The fourth-order valence-electron chi connectivity index (χ4n) is 3.73. The van der Waals surface area contributed by atoms with Crippen molar-refractivity contribution < 1.29 is 0 Å². The zero-order chi connectivity index (χ0) is 14.3. The molecule has 1 aromatic heterocycles. The van der Waals surface area contributed by atoms with Crippen molar-refractivity contribution in [2.75, 3.05) is 13.1 Å². The van der Waals surface area contributed by atoms with Crippen LogP contribution in [0.5, 0.6) is 0 Å². The van der Waals surface area contributed by atoms with Crippen LogP contribution in [-0.4, -0.2) is 29.0 Å². The van der Waals surface area contributed by atoms with E-state index < -0.39 is 0 Å². The molecule has 2 aliphatic rings. The maximum atomic E-state index is 6.32. The number of likely N-dealkylation sites (tertiary alicyclic amines) is 1. The summed E-state index contributed by atoms with van der Waals surface area (Å²) in [4.78, 5) is 6.75. The second-order valence-electron chi connectivity index (χ2n) is 6.23. The first-order valence-corrected chi connectivity index (χ1v) is 8.09. The summed E-state index contributed by atoms with van der Waals surface area (Å²) in [6, 6.07) is 2.25. The quantitative estimate of drug-likeness (QED) is 0.852. The third-order valence-corrected chi connectivity index (χ3v) is 5.41. The first-order valence-electron chi connectivity index (χ1n) is 7.34. The molecule has 1 saturated carbocycles. The summed E-state index contributed by atoms with van der Waals surface area (Å²) in [5, 5.41) is 1.26. The highest BCUT2D eigenvalue weighted by atomic mass is 35.5. The van der Waals surface area contributed by atoms with Crippen LogP contribution in [0.15, 0.2) is 6.07 Å². The van der Waals surface area contributed by atoms with Crippen LogP contribution in [0, 0.1) is 18.8 Å². The molecule has 2 heterocycles. The van der Waals surface area contributed by atoms with E-state index in [0.29, 0.717) is 17.1 Å². The molecule has 1 aliphatic heterocycles. The molecule has 0 amide bonds. The summed E-state index contributed by atoms with van der Waals surface area (Å²) < 4.78 is 0. The van der Waals surface area contributed by atoms with E-state index in [9.17, 15) is 0 Å². The number of nitrogens with two attached hydrogens (primary N) is 1. The molecule has 3 unspecified atom stereocenters. The Hall–Kier alpha value is -0.350. The van der Waals surface area contributed by atoms with Gasteiger partial charge in [0.2, 0.25) is 0 Å². The number of pyridine rings is 1. The predicted molar refractivity (Wildman–Crippen MR) is 83.1 cm³/mol. The smallest absolute Gasteiger partial charge is 0.135 e. The zero-order valence-electron chi connectivity index (χ0n) is 11.8. The molecule has 3 atom stereocenters. The molecule has 3 rings (SSSR count). The van der Waals surface area contributed by atoms with E-state index in [4.69, 9.17) is 28.9 Å². The van der Waals surface area contributed by atoms with E-state index in [2.05, 4.69) is 9.88 Å². The van der Waals surface area contributed by atoms with E-state index >= 15 is 0 Å². The van der Waals surface area contributed by atoms with Gasteiger partial charge in [-0.3, -0.25) is 4.90 Å². The van der Waals surface area contributed by atoms with Crippen LogP contribution >= 0.6 is 23.2 Å². The number of hydrogen-bond acceptors (Lipinski definition) is 3. The van der Waals surface area contributed by atoms with Gasteiger partial charge in [0.15, 0.2) is 0 Å². The van der Waals surface area contributed by atoms with E-state index in [0.717, 1.165) is 41.8 Å². The van der Waals surface area contributed by atoms with Gasteiger partial charge in [-0.2, -0.15) is 0 Å². The number of aryl methyl sites for hydroxylation is 1. The summed E-state index contributed by atoms with van der Waals surface area (Å²) in [6.45, 7) is 4.86. The molecule has 0 spiro atoms. The second-order valence-corrected chi connectivity index (χ2v) is 6.99. The fraction of sp³-hybridized carbons (Fsp3) is 0.667. The number of rotatable bonds is 2. The van der Waals surface area contributed by atoms with Gasteiger partial charge in [0.05, 0.1) is 0 Å². The molecule has 5 heteroatoms. The van der Waals surface area contributed by atoms with Gasteiger partial charge >= 0.3 is 0 Å². The van der Waals surface area contributed by atoms with Crippen LogP contribution in [-0.2, 0) is 6.54 Å². The van der Waals surface area contributed by atoms with Crippen LogP contribution in [0.3, 0.4) is 0 Å². The van der Waals surface area contributed by atoms with Crippen LogP contribution in [0.25, 0.3) is 0 Å². The number of aromatic nitrogens is 1. The molecular weight excluding hydrogens is 293 g/mol. The van der Waals surface area contributed by atoms with Crippen molar-refractivity contribution in [1.82, 2.24) is 9.88 Å². The molecule has 1 saturated heterocycles. The van der Waals surface area contributed by atoms with Crippen molar-refractivity contribution >= 4 is 23.2 Å². The van der Waals surface area contributed by atoms with Crippen LogP contribution in [0.2, 0.25) is 10.2 Å². The average molecular weight is 314 g/mol. The molecule has 3 nitrogen and oxygen atoms in total. The normalized spacial score (nSPS) is 30.5. The molecule has 0 radical (unpaired) electrons. The largest absolute Gasteiger partial charge is 0.327 e. The molecule has 0 bridgehead atoms. The van der Waals surface area contributed by atoms with E-state index in [1.807, 2.05) is 13.0 Å². The lowest BCUT2D eigenvalue weighted by molar-refractivity contribution is 0.259. The SMILES string of the molecule is Cc1cc(Cl)c(CN2CC3CCCC(N)C3C2)c(Cl)n1. The Bertz CT molecular complexity index is 483. The summed E-state index contributed by atoms with van der Waals surface area (Å²) in [7, 11) is 0. The molecule has 2 N–H and O–H groups in total. The Labute approximate surface area is 130 Å². The van der Waals surface area contributed by atoms with Crippen LogP contribution < -0.4 is 5.73 Å². The van der Waals surface area contributed by atoms with Crippen molar-refractivity contribution in [2.45, 2.75) is 38.8 Å². The maximum Gasteiger partial charge on any atom is 0.135 e. The standard InChI is InChI=1S/C15H21Cl2N3/c1-9-5-13(16)12(15(17)19-9)8-20-6-10-3-2-4-14(18)11(10)7-20/h5,10-11,14H,2-4,6-8,18H2,1H3. The van der Waals surface area contributed by atoms with E-state index in [1.165, 1.54) is 19.3 Å². The minimum absolute atomic E-state index is 0.362. The topological polar surface area (TPSA) is 42.1 Å². The van der Waals surface area contributed by atoms with Gasteiger partial charge in [-0.1, -0.05) is 29.6 Å². The Morgan fingerprint density at radius 1 is 1.35 bits per heavy atom. The Kier molecular flexibility index (Phi) is 4.23. The third kappa shape index (κ3) is 2.82. The van der Waals surface area contributed by atoms with Gasteiger partial charge in [0.25, 0.3) is 0 Å². The third-order valence-electron chi connectivity index (χ3n) is 4.76. The lowest BCUT2D eigenvalue weighted by Crippen LogP contribution is -2.38. The van der Waals surface area contributed by atoms with Crippen molar-refractivity contribution in [3.63, 3.8) is 0 Å². The lowest BCUT2D eigenvalue weighted by Gasteiger charge is -2.29. The maximum absolute atomic E-state index is 6.32. The van der Waals surface area contributed by atoms with Gasteiger partial charge in [-0.05, 0) is 37.7 Å². The highest BCUT2D eigenvalue weighted by Gasteiger charge is 2.38. The minimum atomic E-state index is 0.362. The lowest BCUT2D eigenvalue weighted by atomic mass is 9.78. The van der Waals surface area contributed by atoms with Crippen LogP contribution in [0.4, 0.5) is 0 Å². The summed E-state index contributed by atoms with van der Waals surface area (Å²) in [5.74, 6) is 1.38. The van der Waals surface area contributed by atoms with Gasteiger partial charge < -0.3 is 5.73 Å². The monoisotopic (exact) mass is 313 g/mol. The molecule has 2 fully saturated rings. The van der Waals surface area contributed by atoms with Gasteiger partial charge in [-0.25, -0.2) is 4.98 Å². The number of halogens is 2. The van der Waals surface area contributed by atoms with Crippen molar-refractivity contribution in [3.05, 3.63) is 27.5 Å². The van der Waals surface area contributed by atoms with Gasteiger partial charge in [0, 0.05) is 42.0 Å². The first kappa shape index (κ1) is 14.6. The molecule has 20 heavy (non-hydrogen) atoms. The second kappa shape index (κ2) is 5.80. The molecule has 1 aliphatic carbocycles. The first-order chi connectivity index (χ1) is 9.54. The summed E-state index contributed by atoms with van der Waals surface area (Å²) >= 11 is 12.6. The minimum Gasteiger partial charge on any atom is -0.327 e. The number of nitrogens with zero attached hydrogens (tertiary/aromatic N) is 2. The number of hydrogen-bond donors (Lipinski definition) is 1. The predicted octanol–water partition coefficient (Wildman–Crippen LogP) is 3.26. The Morgan fingerprint density at radius 3 is 2.85 bits per heavy atom. The molecule has 110 valence electrons. The molecule has 0 aromatic carbocycles. The van der Waals surface area contributed by atoms with Crippen molar-refractivity contribution in [1.29, 1.82) is 0 Å². The zero-order valence-corrected chi connectivity index (χ0v) is 13.3. The van der Waals surface area contributed by atoms with Gasteiger partial charge in [0.1, 0.15) is 5.15 Å². The van der Waals surface area contributed by atoms with Crippen molar-refractivity contribution in [2.24, 2.45) is 17.6 Å². The number of fused-ring (bicyclic) bond motifs is 1. The summed E-state index contributed by atoms with van der Waals surface area (Å²) in [6.07, 6.45) is 3.74. The van der Waals surface area contributed by atoms with Gasteiger partial charge in [-0.15, -0.1) is 0 Å². The average Bonchev–Trinajstić information content (AvgIpc) is 2.78. The molecular formula is C15H21Cl2N3. The van der Waals surface area contributed by atoms with E-state index in [-0.39, 0.29) is 0 Å². The highest BCUT2D eigenvalue weighted by molar-refractivity contribution is 6.35. The van der Waals surface area contributed by atoms with Crippen molar-refractivity contribution in [3.8, 4) is 0 Å².